The van der Waals surface area contributed by atoms with E-state index in [9.17, 15) is 14.7 Å². The molecule has 1 amide bonds. The Morgan fingerprint density at radius 3 is 2.85 bits per heavy atom. The Morgan fingerprint density at radius 1 is 1.36 bits per heavy atom. The summed E-state index contributed by atoms with van der Waals surface area (Å²) >= 11 is 0. The molecule has 0 radical (unpaired) electrons. The number of aromatic nitrogens is 4. The van der Waals surface area contributed by atoms with Crippen molar-refractivity contribution in [2.75, 3.05) is 17.7 Å². The normalized spacial score (nSPS) is 20.7. The van der Waals surface area contributed by atoms with Crippen LogP contribution in [0.25, 0.3) is 5.65 Å². The SMILES string of the molecule is CNc1cc(Nc2cccn(C(C)C)c2=O)nc2c(C(=O)NC3CCC[C@](C)(O)C3)cnn12. The minimum Gasteiger partial charge on any atom is -0.390 e. The Kier molecular flexibility index (Phi) is 6.11. The number of nitrogens with zero attached hydrogens (tertiary/aromatic N) is 4. The number of hydrogen-bond acceptors (Lipinski definition) is 7. The second kappa shape index (κ2) is 8.86. The van der Waals surface area contributed by atoms with Crippen LogP contribution in [-0.2, 0) is 0 Å². The monoisotopic (exact) mass is 453 g/mol. The number of hydrogen-bond donors (Lipinski definition) is 4. The van der Waals surface area contributed by atoms with Gasteiger partial charge in [0.2, 0.25) is 0 Å². The van der Waals surface area contributed by atoms with Crippen molar-refractivity contribution in [3.05, 3.63) is 46.5 Å². The van der Waals surface area contributed by atoms with Gasteiger partial charge in [0, 0.05) is 31.4 Å². The van der Waals surface area contributed by atoms with Crippen LogP contribution in [0.1, 0.15) is 62.9 Å². The lowest BCUT2D eigenvalue weighted by Crippen LogP contribution is -2.44. The average molecular weight is 454 g/mol. The third-order valence-electron chi connectivity index (χ3n) is 6.06. The molecule has 10 nitrogen and oxygen atoms in total. The third-order valence-corrected chi connectivity index (χ3v) is 6.06. The highest BCUT2D eigenvalue weighted by atomic mass is 16.3. The number of amides is 1. The molecule has 3 heterocycles. The van der Waals surface area contributed by atoms with Crippen molar-refractivity contribution in [2.45, 2.75) is 64.1 Å². The number of carbonyl (C=O) groups is 1. The summed E-state index contributed by atoms with van der Waals surface area (Å²) in [6, 6.07) is 5.14. The number of rotatable bonds is 6. The highest BCUT2D eigenvalue weighted by molar-refractivity contribution is 6.00. The van der Waals surface area contributed by atoms with Gasteiger partial charge in [0.1, 0.15) is 22.9 Å². The van der Waals surface area contributed by atoms with Crippen LogP contribution in [0.2, 0.25) is 0 Å². The van der Waals surface area contributed by atoms with E-state index >= 15 is 0 Å². The first-order valence-electron chi connectivity index (χ1n) is 11.3. The van der Waals surface area contributed by atoms with Gasteiger partial charge in [-0.05, 0) is 58.6 Å². The van der Waals surface area contributed by atoms with E-state index in [4.69, 9.17) is 0 Å². The average Bonchev–Trinajstić information content (AvgIpc) is 3.18. The van der Waals surface area contributed by atoms with Crippen molar-refractivity contribution in [1.82, 2.24) is 24.5 Å². The van der Waals surface area contributed by atoms with Crippen LogP contribution in [0, 0.1) is 0 Å². The Labute approximate surface area is 192 Å². The van der Waals surface area contributed by atoms with Gasteiger partial charge in [-0.15, -0.1) is 0 Å². The summed E-state index contributed by atoms with van der Waals surface area (Å²) in [4.78, 5) is 30.4. The molecule has 1 saturated carbocycles. The van der Waals surface area contributed by atoms with E-state index in [2.05, 4.69) is 26.0 Å². The van der Waals surface area contributed by atoms with Gasteiger partial charge in [0.15, 0.2) is 5.65 Å². The zero-order chi connectivity index (χ0) is 23.8. The topological polar surface area (TPSA) is 126 Å². The van der Waals surface area contributed by atoms with Gasteiger partial charge < -0.3 is 25.6 Å². The van der Waals surface area contributed by atoms with Gasteiger partial charge >= 0.3 is 0 Å². The van der Waals surface area contributed by atoms with E-state index in [0.29, 0.717) is 35.0 Å². The van der Waals surface area contributed by atoms with E-state index in [1.165, 1.54) is 6.20 Å². The van der Waals surface area contributed by atoms with Crippen LogP contribution in [0.5, 0.6) is 0 Å². The zero-order valence-electron chi connectivity index (χ0n) is 19.4. The van der Waals surface area contributed by atoms with Crippen molar-refractivity contribution >= 4 is 28.9 Å². The van der Waals surface area contributed by atoms with Crippen LogP contribution >= 0.6 is 0 Å². The van der Waals surface area contributed by atoms with Gasteiger partial charge in [0.25, 0.3) is 11.5 Å². The molecule has 0 aromatic carbocycles. The first-order chi connectivity index (χ1) is 15.7. The minimum absolute atomic E-state index is 0.0215. The molecular formula is C23H31N7O3. The summed E-state index contributed by atoms with van der Waals surface area (Å²) < 4.78 is 3.19. The van der Waals surface area contributed by atoms with Gasteiger partial charge in [0.05, 0.1) is 11.8 Å². The smallest absolute Gasteiger partial charge is 0.274 e. The van der Waals surface area contributed by atoms with Gasteiger partial charge in [-0.25, -0.2) is 4.98 Å². The number of nitrogens with one attached hydrogen (secondary N) is 3. The molecule has 176 valence electrons. The van der Waals surface area contributed by atoms with Crippen molar-refractivity contribution in [2.24, 2.45) is 0 Å². The summed E-state index contributed by atoms with van der Waals surface area (Å²) in [5.41, 5.74) is 0.151. The lowest BCUT2D eigenvalue weighted by Gasteiger charge is -2.34. The van der Waals surface area contributed by atoms with E-state index in [-0.39, 0.29) is 23.6 Å². The van der Waals surface area contributed by atoms with Crippen LogP contribution < -0.4 is 21.5 Å². The lowest BCUT2D eigenvalue weighted by atomic mass is 9.83. The largest absolute Gasteiger partial charge is 0.390 e. The maximum Gasteiger partial charge on any atom is 0.274 e. The maximum absolute atomic E-state index is 13.1. The molecule has 10 heteroatoms. The fourth-order valence-corrected chi connectivity index (χ4v) is 4.37. The molecule has 0 bridgehead atoms. The van der Waals surface area contributed by atoms with E-state index < -0.39 is 5.60 Å². The first-order valence-corrected chi connectivity index (χ1v) is 11.3. The Bertz CT molecular complexity index is 1230. The molecule has 0 aliphatic heterocycles. The number of aliphatic hydroxyl groups is 1. The molecular weight excluding hydrogens is 422 g/mol. The quantitative estimate of drug-likeness (QED) is 0.452. The Morgan fingerprint density at radius 2 is 2.15 bits per heavy atom. The standard InChI is InChI=1S/C23H31N7O3/c1-14(2)29-10-6-8-17(22(29)32)27-18-11-19(24-4)30-20(28-18)16(13-25-30)21(31)26-15-7-5-9-23(3,33)12-15/h6,8,10-11,13-15,24,33H,5,7,9,12H2,1-4H3,(H,26,31)(H,27,28)/t15?,23-/m0/s1. The first kappa shape index (κ1) is 22.8. The highest BCUT2D eigenvalue weighted by Gasteiger charge is 2.31. The Hall–Kier alpha value is -3.40. The number of anilines is 3. The summed E-state index contributed by atoms with van der Waals surface area (Å²) in [7, 11) is 1.75. The number of fused-ring (bicyclic) bond motifs is 1. The molecule has 4 rings (SSSR count). The van der Waals surface area contributed by atoms with Crippen molar-refractivity contribution in [3.63, 3.8) is 0 Å². The maximum atomic E-state index is 13.1. The van der Waals surface area contributed by atoms with Crippen LogP contribution in [-0.4, -0.2) is 48.9 Å². The summed E-state index contributed by atoms with van der Waals surface area (Å²) in [5, 5.41) is 23.8. The third kappa shape index (κ3) is 4.70. The van der Waals surface area contributed by atoms with E-state index in [0.717, 1.165) is 19.3 Å². The number of carbonyl (C=O) groups excluding carboxylic acids is 1. The molecule has 2 atom stereocenters. The molecule has 0 saturated heterocycles. The lowest BCUT2D eigenvalue weighted by molar-refractivity contribution is 0.0106. The van der Waals surface area contributed by atoms with E-state index in [1.807, 2.05) is 13.8 Å². The van der Waals surface area contributed by atoms with Crippen molar-refractivity contribution in [3.8, 4) is 0 Å². The van der Waals surface area contributed by atoms with E-state index in [1.54, 1.807) is 47.4 Å². The molecule has 3 aromatic heterocycles. The summed E-state index contributed by atoms with van der Waals surface area (Å²) in [6.07, 6.45) is 6.15. The van der Waals surface area contributed by atoms with Gasteiger partial charge in [-0.3, -0.25) is 9.59 Å². The molecule has 3 aromatic rings. The predicted octanol–water partition coefficient (Wildman–Crippen LogP) is 2.68. The Balaban J connectivity index is 1.66. The fourth-order valence-electron chi connectivity index (χ4n) is 4.37. The molecule has 1 unspecified atom stereocenters. The summed E-state index contributed by atoms with van der Waals surface area (Å²) in [6.45, 7) is 5.69. The second-order valence-electron chi connectivity index (χ2n) is 9.19. The molecule has 1 aliphatic rings. The van der Waals surface area contributed by atoms with Gasteiger partial charge in [-0.1, -0.05) is 0 Å². The fraction of sp³-hybridized carbons (Fsp3) is 0.478. The molecule has 1 aliphatic carbocycles. The van der Waals surface area contributed by atoms with Crippen LogP contribution in [0.15, 0.2) is 35.4 Å². The van der Waals surface area contributed by atoms with Crippen molar-refractivity contribution < 1.29 is 9.90 Å². The highest BCUT2D eigenvalue weighted by Crippen LogP contribution is 2.28. The molecule has 1 fully saturated rings. The van der Waals surface area contributed by atoms with Crippen LogP contribution in [0.3, 0.4) is 0 Å². The van der Waals surface area contributed by atoms with Crippen LogP contribution in [0.4, 0.5) is 17.3 Å². The summed E-state index contributed by atoms with van der Waals surface area (Å²) in [5.74, 6) is 0.740. The van der Waals surface area contributed by atoms with Gasteiger partial charge in [-0.2, -0.15) is 9.61 Å². The zero-order valence-corrected chi connectivity index (χ0v) is 19.4. The molecule has 33 heavy (non-hydrogen) atoms. The second-order valence-corrected chi connectivity index (χ2v) is 9.19. The minimum atomic E-state index is -0.773. The number of pyridine rings is 1. The predicted molar refractivity (Wildman–Crippen MR) is 127 cm³/mol. The molecule has 0 spiro atoms. The van der Waals surface area contributed by atoms with Crippen molar-refractivity contribution in [1.29, 1.82) is 0 Å². The molecule has 4 N–H and O–H groups in total.